The first-order valence-corrected chi connectivity index (χ1v) is 6.18. The van der Waals surface area contributed by atoms with Crippen molar-refractivity contribution in [3.63, 3.8) is 0 Å². The molecule has 0 aromatic rings. The topological polar surface area (TPSA) is 24.5 Å². The normalized spacial score (nSPS) is 24.6. The zero-order chi connectivity index (χ0) is 11.1. The van der Waals surface area contributed by atoms with E-state index in [-0.39, 0.29) is 0 Å². The van der Waals surface area contributed by atoms with Crippen molar-refractivity contribution >= 4 is 0 Å². The summed E-state index contributed by atoms with van der Waals surface area (Å²) in [5, 5.41) is 3.55. The van der Waals surface area contributed by atoms with E-state index in [4.69, 9.17) is 4.74 Å². The van der Waals surface area contributed by atoms with Crippen LogP contribution >= 0.6 is 0 Å². The predicted octanol–water partition coefficient (Wildman–Crippen LogP) is 1.20. The fourth-order valence-electron chi connectivity index (χ4n) is 2.24. The Bertz CT molecular complexity index is 164. The molecule has 15 heavy (non-hydrogen) atoms. The summed E-state index contributed by atoms with van der Waals surface area (Å²) in [5.41, 5.74) is 0. The number of nitrogens with one attached hydrogen (secondary N) is 1. The van der Waals surface area contributed by atoms with Gasteiger partial charge in [-0.25, -0.2) is 0 Å². The lowest BCUT2D eigenvalue weighted by Crippen LogP contribution is -2.30. The van der Waals surface area contributed by atoms with E-state index < -0.39 is 0 Å². The molecule has 2 atom stereocenters. The van der Waals surface area contributed by atoms with Gasteiger partial charge in [0.25, 0.3) is 0 Å². The third-order valence-electron chi connectivity index (χ3n) is 3.19. The lowest BCUT2D eigenvalue weighted by Gasteiger charge is -2.15. The summed E-state index contributed by atoms with van der Waals surface area (Å²) in [4.78, 5) is 2.53. The molecule has 1 rings (SSSR count). The van der Waals surface area contributed by atoms with Gasteiger partial charge in [0, 0.05) is 20.3 Å². The van der Waals surface area contributed by atoms with Crippen LogP contribution in [0.15, 0.2) is 0 Å². The van der Waals surface area contributed by atoms with Crippen LogP contribution in [0.1, 0.15) is 20.3 Å². The first-order chi connectivity index (χ1) is 7.26. The molecule has 0 aromatic heterocycles. The molecular weight excluding hydrogens is 188 g/mol. The van der Waals surface area contributed by atoms with E-state index in [0.29, 0.717) is 5.92 Å². The smallest absolute Gasteiger partial charge is 0.0499 e. The second kappa shape index (κ2) is 7.20. The summed E-state index contributed by atoms with van der Waals surface area (Å²) in [7, 11) is 1.77. The van der Waals surface area contributed by atoms with Gasteiger partial charge in [0.05, 0.1) is 0 Å². The Morgan fingerprint density at radius 1 is 1.53 bits per heavy atom. The molecule has 0 saturated carbocycles. The maximum absolute atomic E-state index is 5.11. The van der Waals surface area contributed by atoms with E-state index in [9.17, 15) is 0 Å². The van der Waals surface area contributed by atoms with Crippen LogP contribution < -0.4 is 5.32 Å². The Morgan fingerprint density at radius 3 is 2.93 bits per heavy atom. The second-order valence-corrected chi connectivity index (χ2v) is 4.77. The van der Waals surface area contributed by atoms with Gasteiger partial charge in [-0.1, -0.05) is 13.8 Å². The highest BCUT2D eigenvalue weighted by molar-refractivity contribution is 4.76. The molecule has 1 aliphatic heterocycles. The molecule has 0 bridgehead atoms. The SMILES string of the molecule is CCN1CCC(CNCC(C)COC)C1. The van der Waals surface area contributed by atoms with E-state index in [1.54, 1.807) is 7.11 Å². The molecule has 1 heterocycles. The van der Waals surface area contributed by atoms with Crippen LogP contribution in [-0.2, 0) is 4.74 Å². The zero-order valence-electron chi connectivity index (χ0n) is 10.5. The molecule has 90 valence electrons. The first-order valence-electron chi connectivity index (χ1n) is 6.18. The van der Waals surface area contributed by atoms with Gasteiger partial charge >= 0.3 is 0 Å². The van der Waals surface area contributed by atoms with Gasteiger partial charge in [0.2, 0.25) is 0 Å². The highest BCUT2D eigenvalue weighted by Crippen LogP contribution is 2.14. The van der Waals surface area contributed by atoms with Crippen molar-refractivity contribution in [1.82, 2.24) is 10.2 Å². The van der Waals surface area contributed by atoms with E-state index >= 15 is 0 Å². The van der Waals surface area contributed by atoms with Crippen molar-refractivity contribution in [2.24, 2.45) is 11.8 Å². The zero-order valence-corrected chi connectivity index (χ0v) is 10.5. The third-order valence-corrected chi connectivity index (χ3v) is 3.19. The summed E-state index contributed by atoms with van der Waals surface area (Å²) in [6.07, 6.45) is 1.36. The maximum atomic E-state index is 5.11. The van der Waals surface area contributed by atoms with Gasteiger partial charge in [0.15, 0.2) is 0 Å². The van der Waals surface area contributed by atoms with Crippen LogP contribution in [0.2, 0.25) is 0 Å². The van der Waals surface area contributed by atoms with Crippen molar-refractivity contribution in [1.29, 1.82) is 0 Å². The minimum atomic E-state index is 0.624. The molecule has 0 spiro atoms. The minimum Gasteiger partial charge on any atom is -0.384 e. The molecule has 3 nitrogen and oxygen atoms in total. The van der Waals surface area contributed by atoms with Crippen molar-refractivity contribution in [2.45, 2.75) is 20.3 Å². The van der Waals surface area contributed by atoms with Gasteiger partial charge in [-0.15, -0.1) is 0 Å². The van der Waals surface area contributed by atoms with Crippen molar-refractivity contribution < 1.29 is 4.74 Å². The van der Waals surface area contributed by atoms with Crippen LogP contribution in [0.3, 0.4) is 0 Å². The van der Waals surface area contributed by atoms with E-state index in [0.717, 1.165) is 19.1 Å². The number of rotatable bonds is 7. The Hall–Kier alpha value is -0.120. The molecular formula is C12H26N2O. The summed E-state index contributed by atoms with van der Waals surface area (Å²) in [6.45, 7) is 11.4. The standard InChI is InChI=1S/C12H26N2O/c1-4-14-6-5-12(9-14)8-13-7-11(2)10-15-3/h11-13H,4-10H2,1-3H3. The highest BCUT2D eigenvalue weighted by Gasteiger charge is 2.20. The number of likely N-dealkylation sites (tertiary alicyclic amines) is 1. The lowest BCUT2D eigenvalue weighted by molar-refractivity contribution is 0.158. The van der Waals surface area contributed by atoms with Gasteiger partial charge < -0.3 is 15.0 Å². The van der Waals surface area contributed by atoms with Crippen LogP contribution in [0.4, 0.5) is 0 Å². The van der Waals surface area contributed by atoms with Gasteiger partial charge in [0.1, 0.15) is 0 Å². The Balaban J connectivity index is 2.01. The van der Waals surface area contributed by atoms with Crippen LogP contribution in [0, 0.1) is 11.8 Å². The molecule has 3 heteroatoms. The monoisotopic (exact) mass is 214 g/mol. The fraction of sp³-hybridized carbons (Fsp3) is 1.00. The Labute approximate surface area is 94.2 Å². The van der Waals surface area contributed by atoms with Crippen LogP contribution in [-0.4, -0.2) is 51.3 Å². The van der Waals surface area contributed by atoms with Gasteiger partial charge in [-0.05, 0) is 44.4 Å². The lowest BCUT2D eigenvalue weighted by atomic mass is 10.1. The third kappa shape index (κ3) is 4.96. The highest BCUT2D eigenvalue weighted by atomic mass is 16.5. The average Bonchev–Trinajstić information content (AvgIpc) is 2.66. The predicted molar refractivity (Wildman–Crippen MR) is 64.1 cm³/mol. The van der Waals surface area contributed by atoms with Crippen LogP contribution in [0.25, 0.3) is 0 Å². The molecule has 1 aliphatic rings. The number of nitrogens with zero attached hydrogens (tertiary/aromatic N) is 1. The Kier molecular flexibility index (Phi) is 6.22. The number of hydrogen-bond acceptors (Lipinski definition) is 3. The van der Waals surface area contributed by atoms with Crippen molar-refractivity contribution in [3.8, 4) is 0 Å². The van der Waals surface area contributed by atoms with Gasteiger partial charge in [-0.2, -0.15) is 0 Å². The largest absolute Gasteiger partial charge is 0.384 e. The molecule has 1 fully saturated rings. The summed E-state index contributed by atoms with van der Waals surface area (Å²) in [5.74, 6) is 1.48. The maximum Gasteiger partial charge on any atom is 0.0499 e. The fourth-order valence-corrected chi connectivity index (χ4v) is 2.24. The molecule has 0 aliphatic carbocycles. The van der Waals surface area contributed by atoms with E-state index in [1.807, 2.05) is 0 Å². The molecule has 0 radical (unpaired) electrons. The average molecular weight is 214 g/mol. The first kappa shape index (κ1) is 12.9. The van der Waals surface area contributed by atoms with E-state index in [2.05, 4.69) is 24.1 Å². The quantitative estimate of drug-likeness (QED) is 0.689. The molecule has 2 unspecified atom stereocenters. The van der Waals surface area contributed by atoms with Crippen molar-refractivity contribution in [2.75, 3.05) is 46.4 Å². The molecule has 1 saturated heterocycles. The summed E-state index contributed by atoms with van der Waals surface area (Å²) >= 11 is 0. The molecule has 1 N–H and O–H groups in total. The molecule has 0 amide bonds. The number of methoxy groups -OCH3 is 1. The number of hydrogen-bond donors (Lipinski definition) is 1. The van der Waals surface area contributed by atoms with Crippen LogP contribution in [0.5, 0.6) is 0 Å². The van der Waals surface area contributed by atoms with Crippen molar-refractivity contribution in [3.05, 3.63) is 0 Å². The second-order valence-electron chi connectivity index (χ2n) is 4.77. The number of ether oxygens (including phenoxy) is 1. The van der Waals surface area contributed by atoms with E-state index in [1.165, 1.54) is 32.6 Å². The van der Waals surface area contributed by atoms with Gasteiger partial charge in [-0.3, -0.25) is 0 Å². The molecule has 0 aromatic carbocycles. The Morgan fingerprint density at radius 2 is 2.33 bits per heavy atom. The summed E-state index contributed by atoms with van der Waals surface area (Å²) in [6, 6.07) is 0. The minimum absolute atomic E-state index is 0.624. The summed E-state index contributed by atoms with van der Waals surface area (Å²) < 4.78 is 5.11.